The molecule has 2 fully saturated rings. The predicted octanol–water partition coefficient (Wildman–Crippen LogP) is 1.20. The van der Waals surface area contributed by atoms with Crippen LogP contribution in [-0.4, -0.2) is 46.3 Å². The first kappa shape index (κ1) is 18.8. The number of carbonyl (C=O) groups excluding carboxylic acids is 1. The first-order valence-corrected chi connectivity index (χ1v) is 9.91. The van der Waals surface area contributed by atoms with Gasteiger partial charge in [0.1, 0.15) is 5.69 Å². The topological polar surface area (TPSA) is 79.3 Å². The minimum absolute atomic E-state index is 0.0956. The zero-order chi connectivity index (χ0) is 19.7. The van der Waals surface area contributed by atoms with Crippen molar-refractivity contribution in [2.45, 2.75) is 31.7 Å². The molecular formula is C21H27N5O2. The molecule has 2 aliphatic heterocycles. The Hall–Kier alpha value is -2.51. The van der Waals surface area contributed by atoms with Crippen LogP contribution in [-0.2, 0) is 7.05 Å². The fraction of sp³-hybridized carbons (Fsp3) is 0.476. The van der Waals surface area contributed by atoms with Crippen LogP contribution >= 0.6 is 0 Å². The number of hydrogen-bond acceptors (Lipinski definition) is 5. The number of hydrazine groups is 1. The minimum atomic E-state index is -0.211. The van der Waals surface area contributed by atoms with E-state index >= 15 is 0 Å². The van der Waals surface area contributed by atoms with Gasteiger partial charge in [0.15, 0.2) is 0 Å². The highest BCUT2D eigenvalue weighted by atomic mass is 16.2. The molecule has 2 aliphatic rings. The van der Waals surface area contributed by atoms with Crippen molar-refractivity contribution in [1.29, 1.82) is 0 Å². The van der Waals surface area contributed by atoms with Crippen LogP contribution in [0.2, 0.25) is 0 Å². The number of likely N-dealkylation sites (tertiary alicyclic amines) is 1. The van der Waals surface area contributed by atoms with Crippen molar-refractivity contribution >= 4 is 5.91 Å². The number of piperidine rings is 1. The van der Waals surface area contributed by atoms with Crippen molar-refractivity contribution in [2.75, 3.05) is 19.6 Å². The van der Waals surface area contributed by atoms with Crippen LogP contribution in [0.25, 0.3) is 0 Å². The van der Waals surface area contributed by atoms with Gasteiger partial charge in [0.2, 0.25) is 0 Å². The Balaban J connectivity index is 1.41. The molecular weight excluding hydrogens is 354 g/mol. The van der Waals surface area contributed by atoms with E-state index in [1.165, 1.54) is 27.9 Å². The molecule has 2 saturated heterocycles. The maximum atomic E-state index is 12.7. The third-order valence-electron chi connectivity index (χ3n) is 6.01. The Morgan fingerprint density at radius 1 is 1.18 bits per heavy atom. The highest BCUT2D eigenvalue weighted by molar-refractivity contribution is 5.92. The SMILES string of the molecule is Cc1cccc(C2CNNC2C2CCN(C(=O)c3ccc(=O)n(C)n3)CC2)c1. The Labute approximate surface area is 164 Å². The molecule has 0 radical (unpaired) electrons. The minimum Gasteiger partial charge on any atom is -0.337 e. The molecule has 7 nitrogen and oxygen atoms in total. The van der Waals surface area contributed by atoms with Crippen LogP contribution in [0.1, 0.15) is 40.4 Å². The standard InChI is InChI=1S/C21H27N5O2/c1-14-4-3-5-16(12-14)17-13-22-23-20(17)15-8-10-26(11-9-15)21(28)18-6-7-19(27)25(2)24-18/h3-7,12,15,17,20,22-23H,8-11,13H2,1-2H3. The van der Waals surface area contributed by atoms with E-state index in [1.54, 1.807) is 7.05 Å². The number of aryl methyl sites for hydroxylation is 2. The Morgan fingerprint density at radius 2 is 1.96 bits per heavy atom. The number of amides is 1. The van der Waals surface area contributed by atoms with Gasteiger partial charge in [0, 0.05) is 44.7 Å². The lowest BCUT2D eigenvalue weighted by Gasteiger charge is -2.36. The van der Waals surface area contributed by atoms with E-state index in [4.69, 9.17) is 0 Å². The van der Waals surface area contributed by atoms with Crippen molar-refractivity contribution in [3.63, 3.8) is 0 Å². The summed E-state index contributed by atoms with van der Waals surface area (Å²) >= 11 is 0. The average Bonchev–Trinajstić information content (AvgIpc) is 3.19. The molecule has 0 saturated carbocycles. The van der Waals surface area contributed by atoms with Crippen LogP contribution < -0.4 is 16.4 Å². The van der Waals surface area contributed by atoms with Gasteiger partial charge in [-0.25, -0.2) is 4.68 Å². The first-order valence-electron chi connectivity index (χ1n) is 9.91. The molecule has 0 spiro atoms. The maximum absolute atomic E-state index is 12.7. The Bertz CT molecular complexity index is 917. The van der Waals surface area contributed by atoms with Gasteiger partial charge in [-0.1, -0.05) is 29.8 Å². The Morgan fingerprint density at radius 3 is 2.68 bits per heavy atom. The number of nitrogens with one attached hydrogen (secondary N) is 2. The molecule has 2 unspecified atom stereocenters. The fourth-order valence-corrected chi connectivity index (χ4v) is 4.43. The lowest BCUT2D eigenvalue weighted by Crippen LogP contribution is -2.46. The van der Waals surface area contributed by atoms with Crippen molar-refractivity contribution in [3.8, 4) is 0 Å². The molecule has 2 aromatic rings. The van der Waals surface area contributed by atoms with E-state index in [1.807, 2.05) is 4.90 Å². The molecule has 148 valence electrons. The van der Waals surface area contributed by atoms with E-state index < -0.39 is 0 Å². The number of nitrogens with zero attached hydrogens (tertiary/aromatic N) is 3. The van der Waals surface area contributed by atoms with Gasteiger partial charge in [-0.2, -0.15) is 5.10 Å². The lowest BCUT2D eigenvalue weighted by molar-refractivity contribution is 0.0661. The van der Waals surface area contributed by atoms with Crippen LogP contribution in [0, 0.1) is 12.8 Å². The molecule has 1 amide bonds. The second kappa shape index (κ2) is 7.85. The third-order valence-corrected chi connectivity index (χ3v) is 6.01. The number of aromatic nitrogens is 2. The largest absolute Gasteiger partial charge is 0.337 e. The lowest BCUT2D eigenvalue weighted by atomic mass is 9.80. The van der Waals surface area contributed by atoms with E-state index in [0.29, 0.717) is 36.7 Å². The molecule has 28 heavy (non-hydrogen) atoms. The van der Waals surface area contributed by atoms with Gasteiger partial charge in [-0.3, -0.25) is 20.4 Å². The summed E-state index contributed by atoms with van der Waals surface area (Å²) in [7, 11) is 1.57. The average molecular weight is 381 g/mol. The zero-order valence-electron chi connectivity index (χ0n) is 16.4. The molecule has 7 heteroatoms. The molecule has 2 atom stereocenters. The molecule has 3 heterocycles. The van der Waals surface area contributed by atoms with Gasteiger partial charge < -0.3 is 4.90 Å². The summed E-state index contributed by atoms with van der Waals surface area (Å²) < 4.78 is 1.21. The first-order chi connectivity index (χ1) is 13.5. The quantitative estimate of drug-likeness (QED) is 0.835. The van der Waals surface area contributed by atoms with Gasteiger partial charge in [0.05, 0.1) is 0 Å². The summed E-state index contributed by atoms with van der Waals surface area (Å²) in [5.41, 5.74) is 9.59. The van der Waals surface area contributed by atoms with Crippen molar-refractivity contribution < 1.29 is 4.79 Å². The zero-order valence-corrected chi connectivity index (χ0v) is 16.4. The van der Waals surface area contributed by atoms with Gasteiger partial charge in [0.25, 0.3) is 11.5 Å². The molecule has 2 N–H and O–H groups in total. The monoisotopic (exact) mass is 381 g/mol. The van der Waals surface area contributed by atoms with Crippen LogP contribution in [0.4, 0.5) is 0 Å². The third kappa shape index (κ3) is 3.72. The highest BCUT2D eigenvalue weighted by Crippen LogP contribution is 2.32. The van der Waals surface area contributed by atoms with Crippen molar-refractivity contribution in [3.05, 3.63) is 63.6 Å². The second-order valence-electron chi connectivity index (χ2n) is 7.88. The number of benzene rings is 1. The maximum Gasteiger partial charge on any atom is 0.274 e. The predicted molar refractivity (Wildman–Crippen MR) is 107 cm³/mol. The molecule has 1 aromatic heterocycles. The van der Waals surface area contributed by atoms with E-state index in [0.717, 1.165) is 19.4 Å². The van der Waals surface area contributed by atoms with Gasteiger partial charge >= 0.3 is 0 Å². The second-order valence-corrected chi connectivity index (χ2v) is 7.88. The summed E-state index contributed by atoms with van der Waals surface area (Å²) in [4.78, 5) is 26.1. The van der Waals surface area contributed by atoms with Crippen molar-refractivity contribution in [2.24, 2.45) is 13.0 Å². The normalized spacial score (nSPS) is 23.1. The number of rotatable bonds is 3. The molecule has 4 rings (SSSR count). The highest BCUT2D eigenvalue weighted by Gasteiger charge is 2.37. The summed E-state index contributed by atoms with van der Waals surface area (Å²) in [5.74, 6) is 0.858. The summed E-state index contributed by atoms with van der Waals surface area (Å²) in [6.07, 6.45) is 1.92. The van der Waals surface area contributed by atoms with E-state index in [2.05, 4.69) is 47.1 Å². The van der Waals surface area contributed by atoms with Gasteiger partial charge in [-0.05, 0) is 37.3 Å². The van der Waals surface area contributed by atoms with E-state index in [9.17, 15) is 9.59 Å². The van der Waals surface area contributed by atoms with E-state index in [-0.39, 0.29) is 11.5 Å². The van der Waals surface area contributed by atoms with Crippen molar-refractivity contribution in [1.82, 2.24) is 25.5 Å². The van der Waals surface area contributed by atoms with Gasteiger partial charge in [-0.15, -0.1) is 0 Å². The van der Waals surface area contributed by atoms with Crippen LogP contribution in [0.5, 0.6) is 0 Å². The molecule has 0 bridgehead atoms. The summed E-state index contributed by atoms with van der Waals surface area (Å²) in [5, 5.41) is 4.09. The Kier molecular flexibility index (Phi) is 5.28. The fourth-order valence-electron chi connectivity index (χ4n) is 4.43. The smallest absolute Gasteiger partial charge is 0.274 e. The summed E-state index contributed by atoms with van der Waals surface area (Å²) in [6, 6.07) is 12.0. The molecule has 1 aromatic carbocycles. The van der Waals surface area contributed by atoms with Crippen LogP contribution in [0.3, 0.4) is 0 Å². The molecule has 0 aliphatic carbocycles. The summed E-state index contributed by atoms with van der Waals surface area (Å²) in [6.45, 7) is 4.49. The van der Waals surface area contributed by atoms with Crippen LogP contribution in [0.15, 0.2) is 41.2 Å². The number of carbonyl (C=O) groups is 1. The number of hydrogen-bond donors (Lipinski definition) is 2.